The van der Waals surface area contributed by atoms with Crippen LogP contribution in [0.4, 0.5) is 8.78 Å². The van der Waals surface area contributed by atoms with Crippen LogP contribution in [0.15, 0.2) is 54.7 Å². The SMILES string of the molecule is C#C[C@H]1CC(F)(F)CN1C(=O)CNC(=O)c1ccnc2ccc(OCCCCN3CCN(C(=O)CCCCCNC(=O)[C@H](CCOCCNC(=O)CCCc4ccc(C)cc4)NC(=O)CN4CCN(COC=O)CCN(COC=O)CCN(CC(=O)O)CC4)CC3)cc12. The number of benzene rings is 2. The number of terminal acetylenes is 1. The summed E-state index contributed by atoms with van der Waals surface area (Å²) in [6.07, 6.45) is 12.1. The van der Waals surface area contributed by atoms with Crippen LogP contribution in [0.1, 0.15) is 85.7 Å². The summed E-state index contributed by atoms with van der Waals surface area (Å²) in [6, 6.07) is 12.9. The van der Waals surface area contributed by atoms with Gasteiger partial charge in [-0.3, -0.25) is 72.6 Å². The number of carboxylic acids is 1. The van der Waals surface area contributed by atoms with E-state index in [-0.39, 0.29) is 83.2 Å². The molecular weight excluding hydrogens is 1210 g/mol. The molecule has 3 aliphatic rings. The van der Waals surface area contributed by atoms with Gasteiger partial charge in [0.2, 0.25) is 29.5 Å². The number of piperazine rings is 1. The number of pyridine rings is 1. The van der Waals surface area contributed by atoms with Gasteiger partial charge in [-0.25, -0.2) is 8.78 Å². The predicted molar refractivity (Wildman–Crippen MR) is 339 cm³/mol. The van der Waals surface area contributed by atoms with Crippen LogP contribution in [0.3, 0.4) is 0 Å². The molecule has 26 nitrogen and oxygen atoms in total. The van der Waals surface area contributed by atoms with Crippen molar-refractivity contribution in [3.63, 3.8) is 0 Å². The van der Waals surface area contributed by atoms with Gasteiger partial charge >= 0.3 is 5.97 Å². The summed E-state index contributed by atoms with van der Waals surface area (Å²) in [5.74, 6) is -3.52. The van der Waals surface area contributed by atoms with E-state index in [1.807, 2.05) is 38.7 Å². The Morgan fingerprint density at radius 2 is 1.38 bits per heavy atom. The van der Waals surface area contributed by atoms with E-state index in [9.17, 15) is 57.0 Å². The molecule has 1 aromatic heterocycles. The van der Waals surface area contributed by atoms with E-state index in [4.69, 9.17) is 25.4 Å². The minimum absolute atomic E-state index is 0.00834. The zero-order valence-electron chi connectivity index (χ0n) is 53.4. The average Bonchev–Trinajstić information content (AvgIpc) is 1.88. The highest BCUT2D eigenvalue weighted by Crippen LogP contribution is 2.32. The third-order valence-electron chi connectivity index (χ3n) is 16.4. The molecule has 3 aliphatic heterocycles. The number of carbonyl (C=O) groups is 9. The van der Waals surface area contributed by atoms with Crippen LogP contribution in [-0.2, 0) is 59.0 Å². The molecule has 3 saturated heterocycles. The van der Waals surface area contributed by atoms with Crippen molar-refractivity contribution in [2.24, 2.45) is 0 Å². The molecule has 2 atom stereocenters. The fourth-order valence-electron chi connectivity index (χ4n) is 11.1. The number of nitrogens with zero attached hydrogens (tertiary/aromatic N) is 8. The molecule has 6 amide bonds. The molecular formula is C65H92F2N12O14. The number of rotatable bonds is 37. The fourth-order valence-corrected chi connectivity index (χ4v) is 11.1. The van der Waals surface area contributed by atoms with E-state index in [1.54, 1.807) is 23.1 Å². The summed E-state index contributed by atoms with van der Waals surface area (Å²) in [6.45, 7) is 8.51. The number of fused-ring (bicyclic) bond motifs is 1. The number of alkyl halides is 2. The maximum Gasteiger partial charge on any atom is 0.317 e. The normalized spacial score (nSPS) is 17.4. The Balaban J connectivity index is 0.904. The molecule has 4 heterocycles. The van der Waals surface area contributed by atoms with E-state index < -0.39 is 67.1 Å². The van der Waals surface area contributed by atoms with Crippen LogP contribution in [0.25, 0.3) is 10.9 Å². The Bertz CT molecular complexity index is 2930. The van der Waals surface area contributed by atoms with E-state index in [0.29, 0.717) is 134 Å². The van der Waals surface area contributed by atoms with E-state index in [2.05, 4.69) is 49.2 Å². The first kappa shape index (κ1) is 74.1. The summed E-state index contributed by atoms with van der Waals surface area (Å²) in [5.41, 5.74) is 3.11. The summed E-state index contributed by atoms with van der Waals surface area (Å²) in [7, 11) is 0. The predicted octanol–water partition coefficient (Wildman–Crippen LogP) is 1.72. The van der Waals surface area contributed by atoms with Gasteiger partial charge in [0.05, 0.1) is 56.5 Å². The molecule has 5 N–H and O–H groups in total. The van der Waals surface area contributed by atoms with Crippen LogP contribution in [-0.4, -0.2) is 274 Å². The van der Waals surface area contributed by atoms with E-state index >= 15 is 0 Å². The van der Waals surface area contributed by atoms with Crippen LogP contribution in [0.5, 0.6) is 5.75 Å². The Hall–Kier alpha value is -7.94. The highest BCUT2D eigenvalue weighted by molar-refractivity contribution is 6.07. The number of aromatic nitrogens is 1. The highest BCUT2D eigenvalue weighted by atomic mass is 19.3. The lowest BCUT2D eigenvalue weighted by molar-refractivity contribution is -0.139. The number of nitrogens with one attached hydrogen (secondary N) is 4. The number of ether oxygens (including phenoxy) is 4. The van der Waals surface area contributed by atoms with Crippen molar-refractivity contribution >= 4 is 65.3 Å². The molecule has 510 valence electrons. The molecule has 93 heavy (non-hydrogen) atoms. The topological polar surface area (TPSA) is 294 Å². The number of hydrogen-bond donors (Lipinski definition) is 5. The lowest BCUT2D eigenvalue weighted by atomic mass is 10.1. The Morgan fingerprint density at radius 1 is 0.710 bits per heavy atom. The summed E-state index contributed by atoms with van der Waals surface area (Å²) in [4.78, 5) is 130. The molecule has 3 fully saturated rings. The van der Waals surface area contributed by atoms with Crippen molar-refractivity contribution in [2.45, 2.75) is 95.6 Å². The third-order valence-corrected chi connectivity index (χ3v) is 16.4. The van der Waals surface area contributed by atoms with Gasteiger partial charge in [0, 0.05) is 129 Å². The average molecular weight is 1300 g/mol. The lowest BCUT2D eigenvalue weighted by Gasteiger charge is -2.34. The molecule has 0 spiro atoms. The maximum absolute atomic E-state index is 14.0. The van der Waals surface area contributed by atoms with Gasteiger partial charge in [-0.2, -0.15) is 0 Å². The number of unbranched alkanes of at least 4 members (excludes halogenated alkanes) is 3. The Labute approximate surface area is 542 Å². The number of amides is 6. The maximum atomic E-state index is 14.0. The van der Waals surface area contributed by atoms with Crippen LogP contribution in [0, 0.1) is 19.3 Å². The van der Waals surface area contributed by atoms with Gasteiger partial charge in [0.1, 0.15) is 25.3 Å². The van der Waals surface area contributed by atoms with Crippen LogP contribution >= 0.6 is 0 Å². The van der Waals surface area contributed by atoms with Gasteiger partial charge < -0.3 is 55.1 Å². The van der Waals surface area contributed by atoms with Crippen LogP contribution in [0.2, 0.25) is 0 Å². The number of carbonyl (C=O) groups excluding carboxylic acids is 8. The molecule has 0 radical (unpaired) electrons. The van der Waals surface area contributed by atoms with Gasteiger partial charge in [-0.1, -0.05) is 42.2 Å². The molecule has 3 aromatic rings. The van der Waals surface area contributed by atoms with Crippen molar-refractivity contribution in [3.05, 3.63) is 71.4 Å². The first-order valence-corrected chi connectivity index (χ1v) is 32.0. The number of aliphatic carboxylic acids is 1. The molecule has 2 aromatic carbocycles. The second kappa shape index (κ2) is 40.2. The highest BCUT2D eigenvalue weighted by Gasteiger charge is 2.46. The number of halogens is 2. The van der Waals surface area contributed by atoms with Crippen LogP contribution < -0.4 is 26.0 Å². The standard InChI is InChI=1S/C65H92F2N12O14/c1-3-52-41-65(66,67)45-79(52)61(85)42-71-63(88)54-19-22-68-56-18-17-53(40-55(54)56)93-37-8-7-24-73-33-35-78(36-34-73)60(84)12-5-4-6-21-70-64(89)57(20-38-90-39-23-69-58(82)11-9-10-51-15-13-50(2)14-16-51)72-59(83)43-74-25-26-75(44-62(86)87)28-30-77(47-92-49-81)32-31-76(29-27-74)46-91-48-80/h1,13-19,22,40,48-49,52,57H,4-12,20-21,23-39,41-47H2,2H3,(H,69,82)(H,70,89)(H,71,88)(H,72,83)(H,86,87)/t52-,57-/m0/s1. The number of likely N-dealkylation sites (tertiary alicyclic amines) is 1. The zero-order chi connectivity index (χ0) is 66.8. The second-order valence-corrected chi connectivity index (χ2v) is 23.5. The van der Waals surface area contributed by atoms with Gasteiger partial charge in [0.25, 0.3) is 24.8 Å². The smallest absolute Gasteiger partial charge is 0.317 e. The Kier molecular flexibility index (Phi) is 32.1. The third kappa shape index (κ3) is 27.3. The fraction of sp³-hybridized carbons (Fsp3) is 0.600. The quantitative estimate of drug-likeness (QED) is 0.0312. The van der Waals surface area contributed by atoms with Gasteiger partial charge in [0.15, 0.2) is 0 Å². The first-order valence-electron chi connectivity index (χ1n) is 32.0. The number of hydrogen-bond acceptors (Lipinski definition) is 19. The molecule has 28 heteroatoms. The Morgan fingerprint density at radius 3 is 2.04 bits per heavy atom. The summed E-state index contributed by atoms with van der Waals surface area (Å²) < 4.78 is 49.9. The molecule has 0 saturated carbocycles. The van der Waals surface area contributed by atoms with Crippen molar-refractivity contribution < 1.29 is 76.0 Å². The van der Waals surface area contributed by atoms with Gasteiger partial charge in [-0.15, -0.1) is 6.42 Å². The van der Waals surface area contributed by atoms with Crippen molar-refractivity contribution in [2.75, 3.05) is 158 Å². The lowest BCUT2D eigenvalue weighted by Crippen LogP contribution is -2.52. The molecule has 0 bridgehead atoms. The summed E-state index contributed by atoms with van der Waals surface area (Å²) >= 11 is 0. The van der Waals surface area contributed by atoms with Gasteiger partial charge in [-0.05, 0) is 88.2 Å². The minimum atomic E-state index is -3.09. The zero-order valence-corrected chi connectivity index (χ0v) is 53.4. The molecule has 0 unspecified atom stereocenters. The van der Waals surface area contributed by atoms with Crippen molar-refractivity contribution in [3.8, 4) is 18.1 Å². The monoisotopic (exact) mass is 1300 g/mol. The van der Waals surface area contributed by atoms with Crippen molar-refractivity contribution in [1.82, 2.24) is 60.6 Å². The van der Waals surface area contributed by atoms with E-state index in [0.717, 1.165) is 43.8 Å². The number of aryl methyl sites for hydroxylation is 2. The second-order valence-electron chi connectivity index (χ2n) is 23.5. The van der Waals surface area contributed by atoms with E-state index in [1.165, 1.54) is 23.4 Å². The molecule has 6 rings (SSSR count). The molecule has 0 aliphatic carbocycles. The first-order chi connectivity index (χ1) is 44.9. The number of carboxylic acid groups (broad SMARTS) is 1. The van der Waals surface area contributed by atoms with Crippen molar-refractivity contribution in [1.29, 1.82) is 0 Å². The largest absolute Gasteiger partial charge is 0.494 e. The summed E-state index contributed by atoms with van der Waals surface area (Å²) in [5, 5.41) is 21.4. The minimum Gasteiger partial charge on any atom is -0.494 e.